The molecule has 0 aliphatic heterocycles. The fourth-order valence-corrected chi connectivity index (χ4v) is 2.89. The fraction of sp³-hybridized carbons (Fsp3) is 0.389. The minimum absolute atomic E-state index is 0.0136. The molecular formula is C18H21NO4S. The topological polar surface area (TPSA) is 65.4 Å². The number of nitrogens with zero attached hydrogens (tertiary/aromatic N) is 1. The highest BCUT2D eigenvalue weighted by molar-refractivity contribution is 7.07. The van der Waals surface area contributed by atoms with Crippen LogP contribution in [0.1, 0.15) is 42.4 Å². The van der Waals surface area contributed by atoms with Gasteiger partial charge in [0.25, 0.3) is 0 Å². The number of ether oxygens (including phenoxy) is 1. The molecule has 0 N–H and O–H groups in total. The van der Waals surface area contributed by atoms with Gasteiger partial charge in [0.2, 0.25) is 0 Å². The van der Waals surface area contributed by atoms with Gasteiger partial charge in [0.05, 0.1) is 0 Å². The van der Waals surface area contributed by atoms with Crippen molar-refractivity contribution in [1.82, 2.24) is 4.57 Å². The summed E-state index contributed by atoms with van der Waals surface area (Å²) < 4.78 is 6.32. The van der Waals surface area contributed by atoms with Gasteiger partial charge < -0.3 is 4.74 Å². The van der Waals surface area contributed by atoms with Gasteiger partial charge in [-0.2, -0.15) is 0 Å². The Bertz CT molecular complexity index is 794. The Kier molecular flexibility index (Phi) is 5.39. The van der Waals surface area contributed by atoms with Crippen molar-refractivity contribution in [3.63, 3.8) is 0 Å². The van der Waals surface area contributed by atoms with E-state index in [4.69, 9.17) is 4.74 Å². The molecule has 1 heterocycles. The molecule has 128 valence electrons. The van der Waals surface area contributed by atoms with Crippen LogP contribution in [0.3, 0.4) is 0 Å². The largest absolute Gasteiger partial charge is 0.456 e. The van der Waals surface area contributed by atoms with Crippen molar-refractivity contribution in [1.29, 1.82) is 0 Å². The first-order chi connectivity index (χ1) is 11.2. The lowest BCUT2D eigenvalue weighted by Crippen LogP contribution is -2.24. The maximum atomic E-state index is 12.1. The van der Waals surface area contributed by atoms with Crippen molar-refractivity contribution in [2.75, 3.05) is 6.61 Å². The molecule has 6 heteroatoms. The predicted octanol–water partition coefficient (Wildman–Crippen LogP) is 2.94. The number of benzene rings is 1. The quantitative estimate of drug-likeness (QED) is 0.616. The Balaban J connectivity index is 1.93. The SMILES string of the molecule is Cc1csc(=O)n1CC(=O)OCC(=O)c1ccc(C(C)(C)C)cc1. The van der Waals surface area contributed by atoms with E-state index in [9.17, 15) is 14.4 Å². The maximum Gasteiger partial charge on any atom is 0.326 e. The Morgan fingerprint density at radius 3 is 2.29 bits per heavy atom. The van der Waals surface area contributed by atoms with Crippen molar-refractivity contribution in [2.24, 2.45) is 0 Å². The summed E-state index contributed by atoms with van der Waals surface area (Å²) in [6.07, 6.45) is 0. The predicted molar refractivity (Wildman–Crippen MR) is 93.7 cm³/mol. The summed E-state index contributed by atoms with van der Waals surface area (Å²) in [7, 11) is 0. The summed E-state index contributed by atoms with van der Waals surface area (Å²) in [6.45, 7) is 7.53. The van der Waals surface area contributed by atoms with E-state index < -0.39 is 5.97 Å². The summed E-state index contributed by atoms with van der Waals surface area (Å²) >= 11 is 1.03. The molecule has 0 aliphatic rings. The molecular weight excluding hydrogens is 326 g/mol. The van der Waals surface area contributed by atoms with E-state index in [2.05, 4.69) is 20.8 Å². The first-order valence-electron chi connectivity index (χ1n) is 7.63. The summed E-state index contributed by atoms with van der Waals surface area (Å²) in [4.78, 5) is 35.2. The zero-order valence-electron chi connectivity index (χ0n) is 14.3. The third-order valence-electron chi connectivity index (χ3n) is 3.70. The first-order valence-corrected chi connectivity index (χ1v) is 8.51. The number of carbonyl (C=O) groups excluding carboxylic acids is 2. The van der Waals surface area contributed by atoms with Crippen LogP contribution in [0.5, 0.6) is 0 Å². The molecule has 0 spiro atoms. The van der Waals surface area contributed by atoms with Crippen LogP contribution < -0.4 is 4.87 Å². The molecule has 24 heavy (non-hydrogen) atoms. The van der Waals surface area contributed by atoms with Crippen LogP contribution in [0.4, 0.5) is 0 Å². The van der Waals surface area contributed by atoms with Gasteiger partial charge in [-0.3, -0.25) is 19.0 Å². The monoisotopic (exact) mass is 347 g/mol. The van der Waals surface area contributed by atoms with Crippen LogP contribution >= 0.6 is 11.3 Å². The lowest BCUT2D eigenvalue weighted by atomic mass is 9.86. The van der Waals surface area contributed by atoms with Crippen LogP contribution in [0.2, 0.25) is 0 Å². The van der Waals surface area contributed by atoms with Gasteiger partial charge in [-0.1, -0.05) is 56.4 Å². The molecule has 0 unspecified atom stereocenters. The van der Waals surface area contributed by atoms with Crippen LogP contribution in [-0.2, 0) is 21.5 Å². The molecule has 0 saturated heterocycles. The van der Waals surface area contributed by atoms with E-state index >= 15 is 0 Å². The molecule has 2 aromatic rings. The van der Waals surface area contributed by atoms with Gasteiger partial charge in [0.15, 0.2) is 12.4 Å². The highest BCUT2D eigenvalue weighted by Gasteiger charge is 2.16. The average molecular weight is 347 g/mol. The summed E-state index contributed by atoms with van der Waals surface area (Å²) in [5.74, 6) is -0.864. The standard InChI is InChI=1S/C18H21NO4S/c1-12-11-24-17(22)19(12)9-16(21)23-10-15(20)13-5-7-14(8-6-13)18(2,3)4/h5-8,11H,9-10H2,1-4H3. The molecule has 0 bridgehead atoms. The lowest BCUT2D eigenvalue weighted by molar-refractivity contribution is -0.143. The smallest absolute Gasteiger partial charge is 0.326 e. The highest BCUT2D eigenvalue weighted by Crippen LogP contribution is 2.22. The van der Waals surface area contributed by atoms with E-state index in [1.807, 2.05) is 12.1 Å². The van der Waals surface area contributed by atoms with Crippen molar-refractivity contribution >= 4 is 23.1 Å². The van der Waals surface area contributed by atoms with Crippen LogP contribution in [0.15, 0.2) is 34.4 Å². The van der Waals surface area contributed by atoms with Gasteiger partial charge in [0, 0.05) is 16.6 Å². The molecule has 0 radical (unpaired) electrons. The number of rotatable bonds is 5. The van der Waals surface area contributed by atoms with Crippen LogP contribution in [-0.4, -0.2) is 22.9 Å². The van der Waals surface area contributed by atoms with Gasteiger partial charge in [-0.15, -0.1) is 0 Å². The van der Waals surface area contributed by atoms with Gasteiger partial charge in [-0.05, 0) is 17.9 Å². The number of aryl methyl sites for hydroxylation is 1. The number of esters is 1. The van der Waals surface area contributed by atoms with Gasteiger partial charge in [0.1, 0.15) is 6.54 Å². The van der Waals surface area contributed by atoms with E-state index in [0.29, 0.717) is 11.3 Å². The Hall–Kier alpha value is -2.21. The minimum atomic E-state index is -0.599. The second-order valence-electron chi connectivity index (χ2n) is 6.64. The number of hydrogen-bond acceptors (Lipinski definition) is 5. The number of carbonyl (C=O) groups is 2. The number of hydrogen-bond donors (Lipinski definition) is 0. The third-order valence-corrected chi connectivity index (χ3v) is 4.58. The minimum Gasteiger partial charge on any atom is -0.456 e. The molecule has 0 atom stereocenters. The molecule has 0 fully saturated rings. The van der Waals surface area contributed by atoms with E-state index in [-0.39, 0.29) is 29.2 Å². The molecule has 0 saturated carbocycles. The molecule has 1 aromatic heterocycles. The number of ketones is 1. The number of aromatic nitrogens is 1. The van der Waals surface area contributed by atoms with Crippen molar-refractivity contribution < 1.29 is 14.3 Å². The second kappa shape index (κ2) is 7.13. The normalized spacial score (nSPS) is 11.3. The third kappa shape index (κ3) is 4.41. The summed E-state index contributed by atoms with van der Waals surface area (Å²) in [5, 5.41) is 1.68. The van der Waals surface area contributed by atoms with Crippen molar-refractivity contribution in [3.8, 4) is 0 Å². The molecule has 0 aliphatic carbocycles. The zero-order valence-corrected chi connectivity index (χ0v) is 15.1. The zero-order chi connectivity index (χ0) is 17.9. The van der Waals surface area contributed by atoms with E-state index in [1.165, 1.54) is 4.57 Å². The van der Waals surface area contributed by atoms with Gasteiger partial charge >= 0.3 is 10.8 Å². The Morgan fingerprint density at radius 1 is 1.17 bits per heavy atom. The van der Waals surface area contributed by atoms with E-state index in [0.717, 1.165) is 16.9 Å². The van der Waals surface area contributed by atoms with E-state index in [1.54, 1.807) is 24.4 Å². The summed E-state index contributed by atoms with van der Waals surface area (Å²) in [5.41, 5.74) is 2.34. The number of thiazole rings is 1. The first kappa shape index (κ1) is 18.1. The van der Waals surface area contributed by atoms with Crippen LogP contribution in [0.25, 0.3) is 0 Å². The number of Topliss-reactive ketones (excluding diaryl/α,β-unsaturated/α-hetero) is 1. The molecule has 1 aromatic carbocycles. The highest BCUT2D eigenvalue weighted by atomic mass is 32.1. The molecule has 2 rings (SSSR count). The maximum absolute atomic E-state index is 12.1. The average Bonchev–Trinajstić information content (AvgIpc) is 2.84. The van der Waals surface area contributed by atoms with Gasteiger partial charge in [-0.25, -0.2) is 0 Å². The lowest BCUT2D eigenvalue weighted by Gasteiger charge is -2.18. The van der Waals surface area contributed by atoms with Crippen LogP contribution in [0, 0.1) is 6.92 Å². The van der Waals surface area contributed by atoms with Crippen molar-refractivity contribution in [3.05, 3.63) is 56.1 Å². The fourth-order valence-electron chi connectivity index (χ4n) is 2.16. The Labute approximate surface area is 144 Å². The van der Waals surface area contributed by atoms with Crippen molar-refractivity contribution in [2.45, 2.75) is 39.7 Å². The second-order valence-corrected chi connectivity index (χ2v) is 7.46. The molecule has 5 nitrogen and oxygen atoms in total. The Morgan fingerprint density at radius 2 is 1.79 bits per heavy atom. The summed E-state index contributed by atoms with van der Waals surface area (Å²) in [6, 6.07) is 7.29. The molecule has 0 amide bonds.